The molecular weight excluding hydrogens is 254 g/mol. The van der Waals surface area contributed by atoms with E-state index in [-0.39, 0.29) is 5.54 Å². The first-order valence-electron chi connectivity index (χ1n) is 6.74. The highest BCUT2D eigenvalue weighted by Gasteiger charge is 2.10. The van der Waals surface area contributed by atoms with Crippen LogP contribution in [0.1, 0.15) is 32.0 Å². The summed E-state index contributed by atoms with van der Waals surface area (Å²) in [5.41, 5.74) is 2.52. The highest BCUT2D eigenvalue weighted by atomic mass is 32.2. The molecule has 0 fully saturated rings. The molecule has 0 aliphatic heterocycles. The first kappa shape index (κ1) is 16.3. The summed E-state index contributed by atoms with van der Waals surface area (Å²) >= 11 is 1.86. The van der Waals surface area contributed by atoms with Crippen molar-refractivity contribution in [2.24, 2.45) is 0 Å². The van der Waals surface area contributed by atoms with Gasteiger partial charge in [-0.3, -0.25) is 0 Å². The van der Waals surface area contributed by atoms with Crippen LogP contribution in [0.5, 0.6) is 0 Å². The summed E-state index contributed by atoms with van der Waals surface area (Å²) in [5.74, 6) is 2.20. The summed E-state index contributed by atoms with van der Waals surface area (Å²) in [7, 11) is 2.11. The van der Waals surface area contributed by atoms with Crippen LogP contribution in [-0.4, -0.2) is 36.1 Å². The molecule has 0 spiro atoms. The molecule has 0 aromatic carbocycles. The van der Waals surface area contributed by atoms with Crippen molar-refractivity contribution in [2.45, 2.75) is 39.8 Å². The third-order valence-electron chi connectivity index (χ3n) is 2.84. The Hall–Kier alpha value is -0.740. The molecule has 0 amide bonds. The zero-order valence-corrected chi connectivity index (χ0v) is 13.9. The summed E-state index contributed by atoms with van der Waals surface area (Å²) in [6.07, 6.45) is 2.14. The molecule has 108 valence electrons. The Labute approximate surface area is 122 Å². The van der Waals surface area contributed by atoms with Crippen LogP contribution in [0.25, 0.3) is 0 Å². The van der Waals surface area contributed by atoms with Crippen molar-refractivity contribution in [3.05, 3.63) is 23.4 Å². The van der Waals surface area contributed by atoms with Gasteiger partial charge < -0.3 is 10.2 Å². The summed E-state index contributed by atoms with van der Waals surface area (Å²) in [6.45, 7) is 10.5. The molecular formula is C15H27N3S. The first-order chi connectivity index (χ1) is 8.81. The van der Waals surface area contributed by atoms with Gasteiger partial charge in [-0.05, 0) is 51.6 Å². The number of hydrogen-bond donors (Lipinski definition) is 1. The number of thioether (sulfide) groups is 1. The number of nitrogens with one attached hydrogen (secondary N) is 1. The molecule has 19 heavy (non-hydrogen) atoms. The summed E-state index contributed by atoms with van der Waals surface area (Å²) in [6, 6.07) is 4.34. The lowest BCUT2D eigenvalue weighted by atomic mass is 10.1. The molecule has 0 unspecified atom stereocenters. The fourth-order valence-corrected chi connectivity index (χ4v) is 2.19. The van der Waals surface area contributed by atoms with E-state index >= 15 is 0 Å². The van der Waals surface area contributed by atoms with Crippen molar-refractivity contribution in [1.82, 2.24) is 10.3 Å². The molecule has 1 heterocycles. The normalized spacial score (nSPS) is 11.7. The Kier molecular flexibility index (Phi) is 6.14. The van der Waals surface area contributed by atoms with Crippen molar-refractivity contribution >= 4 is 17.6 Å². The second kappa shape index (κ2) is 7.15. The number of aryl methyl sites for hydroxylation is 1. The van der Waals surface area contributed by atoms with E-state index in [1.807, 2.05) is 11.8 Å². The molecule has 1 aromatic heterocycles. The third kappa shape index (κ3) is 6.30. The Balaban J connectivity index is 2.76. The second-order valence-corrected chi connectivity index (χ2v) is 6.98. The van der Waals surface area contributed by atoms with E-state index in [0.29, 0.717) is 0 Å². The van der Waals surface area contributed by atoms with Crippen LogP contribution in [0, 0.1) is 6.92 Å². The number of hydrogen-bond acceptors (Lipinski definition) is 4. The molecule has 0 atom stereocenters. The smallest absolute Gasteiger partial charge is 0.128 e. The minimum atomic E-state index is 0.141. The number of pyridine rings is 1. The predicted octanol–water partition coefficient (Wildman–Crippen LogP) is 3.08. The van der Waals surface area contributed by atoms with E-state index in [2.05, 4.69) is 68.3 Å². The highest BCUT2D eigenvalue weighted by molar-refractivity contribution is 7.98. The molecule has 1 N–H and O–H groups in total. The lowest BCUT2D eigenvalue weighted by Crippen LogP contribution is -2.35. The van der Waals surface area contributed by atoms with Crippen molar-refractivity contribution in [2.75, 3.05) is 30.5 Å². The maximum absolute atomic E-state index is 4.62. The van der Waals surface area contributed by atoms with Gasteiger partial charge in [0.05, 0.1) is 0 Å². The summed E-state index contributed by atoms with van der Waals surface area (Å²) in [5, 5.41) is 3.52. The summed E-state index contributed by atoms with van der Waals surface area (Å²) < 4.78 is 0. The van der Waals surface area contributed by atoms with E-state index < -0.39 is 0 Å². The van der Waals surface area contributed by atoms with Gasteiger partial charge in [-0.1, -0.05) is 0 Å². The molecule has 3 nitrogen and oxygen atoms in total. The fourth-order valence-electron chi connectivity index (χ4n) is 1.73. The topological polar surface area (TPSA) is 28.2 Å². The lowest BCUT2D eigenvalue weighted by molar-refractivity contribution is 0.424. The minimum Gasteiger partial charge on any atom is -0.359 e. The van der Waals surface area contributed by atoms with Crippen LogP contribution < -0.4 is 10.2 Å². The Morgan fingerprint density at radius 3 is 2.58 bits per heavy atom. The van der Waals surface area contributed by atoms with Gasteiger partial charge in [-0.15, -0.1) is 0 Å². The average molecular weight is 281 g/mol. The van der Waals surface area contributed by atoms with Crippen LogP contribution in [0.15, 0.2) is 12.1 Å². The van der Waals surface area contributed by atoms with Crippen LogP contribution in [0.3, 0.4) is 0 Å². The molecule has 0 saturated heterocycles. The molecule has 0 bridgehead atoms. The maximum atomic E-state index is 4.62. The standard InChI is InChI=1S/C15H27N3S/c1-12-9-13(11-16-15(2,3)4)10-14(17-12)18(5)7-8-19-6/h9-10,16H,7-8,11H2,1-6H3. The number of aromatic nitrogens is 1. The quantitative estimate of drug-likeness (QED) is 0.867. The van der Waals surface area contributed by atoms with Gasteiger partial charge in [-0.2, -0.15) is 11.8 Å². The van der Waals surface area contributed by atoms with Crippen molar-refractivity contribution in [3.63, 3.8) is 0 Å². The van der Waals surface area contributed by atoms with E-state index in [9.17, 15) is 0 Å². The lowest BCUT2D eigenvalue weighted by Gasteiger charge is -2.22. The fraction of sp³-hybridized carbons (Fsp3) is 0.667. The molecule has 0 aliphatic carbocycles. The maximum Gasteiger partial charge on any atom is 0.128 e. The zero-order chi connectivity index (χ0) is 14.5. The van der Waals surface area contributed by atoms with Gasteiger partial charge in [0.1, 0.15) is 5.82 Å². The Morgan fingerprint density at radius 2 is 2.00 bits per heavy atom. The third-order valence-corrected chi connectivity index (χ3v) is 3.44. The minimum absolute atomic E-state index is 0.141. The van der Waals surface area contributed by atoms with Gasteiger partial charge in [0, 0.05) is 37.1 Å². The second-order valence-electron chi connectivity index (χ2n) is 5.99. The van der Waals surface area contributed by atoms with E-state index in [1.54, 1.807) is 0 Å². The SMILES string of the molecule is CSCCN(C)c1cc(CNC(C)(C)C)cc(C)n1. The monoisotopic (exact) mass is 281 g/mol. The first-order valence-corrected chi connectivity index (χ1v) is 8.14. The molecule has 0 saturated carbocycles. The molecule has 0 radical (unpaired) electrons. The van der Waals surface area contributed by atoms with E-state index in [4.69, 9.17) is 0 Å². The van der Waals surface area contributed by atoms with Crippen molar-refractivity contribution in [1.29, 1.82) is 0 Å². The van der Waals surface area contributed by atoms with E-state index in [0.717, 1.165) is 30.4 Å². The number of rotatable bonds is 6. The average Bonchev–Trinajstić information content (AvgIpc) is 2.32. The van der Waals surface area contributed by atoms with Gasteiger partial charge >= 0.3 is 0 Å². The Bertz CT molecular complexity index is 399. The predicted molar refractivity (Wildman–Crippen MR) is 87.2 cm³/mol. The number of nitrogens with zero attached hydrogens (tertiary/aromatic N) is 2. The van der Waals surface area contributed by atoms with Crippen LogP contribution >= 0.6 is 11.8 Å². The van der Waals surface area contributed by atoms with Crippen LogP contribution in [0.2, 0.25) is 0 Å². The molecule has 1 aromatic rings. The molecule has 4 heteroatoms. The van der Waals surface area contributed by atoms with E-state index in [1.165, 1.54) is 5.56 Å². The molecule has 1 rings (SSSR count). The largest absolute Gasteiger partial charge is 0.359 e. The summed E-state index contributed by atoms with van der Waals surface area (Å²) in [4.78, 5) is 6.85. The van der Waals surface area contributed by atoms with Crippen LogP contribution in [-0.2, 0) is 6.54 Å². The molecule has 0 aliphatic rings. The van der Waals surface area contributed by atoms with Gasteiger partial charge in [0.25, 0.3) is 0 Å². The van der Waals surface area contributed by atoms with Crippen molar-refractivity contribution < 1.29 is 0 Å². The zero-order valence-electron chi connectivity index (χ0n) is 13.1. The van der Waals surface area contributed by atoms with Gasteiger partial charge in [-0.25, -0.2) is 4.98 Å². The van der Waals surface area contributed by atoms with Gasteiger partial charge in [0.2, 0.25) is 0 Å². The highest BCUT2D eigenvalue weighted by Crippen LogP contribution is 2.15. The van der Waals surface area contributed by atoms with Crippen molar-refractivity contribution in [3.8, 4) is 0 Å². The number of anilines is 1. The van der Waals surface area contributed by atoms with Crippen LogP contribution in [0.4, 0.5) is 5.82 Å². The van der Waals surface area contributed by atoms with Gasteiger partial charge in [0.15, 0.2) is 0 Å². The Morgan fingerprint density at radius 1 is 1.32 bits per heavy atom.